The first-order chi connectivity index (χ1) is 9.88. The fourth-order valence-electron chi connectivity index (χ4n) is 3.14. The predicted octanol–water partition coefficient (Wildman–Crippen LogP) is 2.53. The number of hydrogen-bond acceptors (Lipinski definition) is 3. The summed E-state index contributed by atoms with van der Waals surface area (Å²) in [6.45, 7) is 2.06. The summed E-state index contributed by atoms with van der Waals surface area (Å²) in [5.41, 5.74) is 10.8. The van der Waals surface area contributed by atoms with Crippen LogP contribution in [0.15, 0.2) is 35.2 Å². The number of benzene rings is 1. The van der Waals surface area contributed by atoms with Crippen LogP contribution in [0.1, 0.15) is 35.8 Å². The Bertz CT molecular complexity index is 773. The monoisotopic (exact) mass is 304 g/mol. The van der Waals surface area contributed by atoms with Crippen LogP contribution in [0.5, 0.6) is 0 Å². The minimum Gasteiger partial charge on any atom is -0.324 e. The summed E-state index contributed by atoms with van der Waals surface area (Å²) in [5.74, 6) is 0. The van der Waals surface area contributed by atoms with Gasteiger partial charge in [-0.1, -0.05) is 0 Å². The Labute approximate surface area is 125 Å². The maximum absolute atomic E-state index is 11.5. The standard InChI is InChI=1S/C16H20N2O2S/c1-11-10-14-15(17)4-3-5-16(14)18(11)12-6-8-13(9-7-12)21(2,19)20/h6-10,15H,3-5,17H2,1-2H3. The smallest absolute Gasteiger partial charge is 0.175 e. The molecule has 0 fully saturated rings. The molecule has 1 unspecified atom stereocenters. The first kappa shape index (κ1) is 14.4. The van der Waals surface area contributed by atoms with Crippen molar-refractivity contribution in [2.75, 3.05) is 6.26 Å². The molecule has 3 rings (SSSR count). The Hall–Kier alpha value is -1.59. The molecule has 21 heavy (non-hydrogen) atoms. The van der Waals surface area contributed by atoms with Crippen molar-refractivity contribution < 1.29 is 8.42 Å². The molecule has 5 heteroatoms. The van der Waals surface area contributed by atoms with E-state index in [0.29, 0.717) is 4.90 Å². The number of nitrogens with two attached hydrogens (primary N) is 1. The van der Waals surface area contributed by atoms with Gasteiger partial charge in [-0.2, -0.15) is 0 Å². The van der Waals surface area contributed by atoms with E-state index in [2.05, 4.69) is 17.6 Å². The van der Waals surface area contributed by atoms with E-state index in [0.717, 1.165) is 30.6 Å². The van der Waals surface area contributed by atoms with Crippen molar-refractivity contribution in [2.24, 2.45) is 5.73 Å². The molecule has 0 spiro atoms. The Morgan fingerprint density at radius 1 is 1.24 bits per heavy atom. The highest BCUT2D eigenvalue weighted by molar-refractivity contribution is 7.90. The van der Waals surface area contributed by atoms with Crippen LogP contribution in [0.3, 0.4) is 0 Å². The van der Waals surface area contributed by atoms with Crippen molar-refractivity contribution in [2.45, 2.75) is 37.1 Å². The van der Waals surface area contributed by atoms with Gasteiger partial charge in [0, 0.05) is 29.4 Å². The summed E-state index contributed by atoms with van der Waals surface area (Å²) in [5, 5.41) is 0. The summed E-state index contributed by atoms with van der Waals surface area (Å²) < 4.78 is 25.3. The molecule has 4 nitrogen and oxygen atoms in total. The van der Waals surface area contributed by atoms with Crippen LogP contribution >= 0.6 is 0 Å². The second kappa shape index (κ2) is 5.00. The number of hydrogen-bond donors (Lipinski definition) is 1. The van der Waals surface area contributed by atoms with Crippen LogP contribution < -0.4 is 5.73 Å². The highest BCUT2D eigenvalue weighted by Crippen LogP contribution is 2.32. The van der Waals surface area contributed by atoms with Crippen LogP contribution in [0.25, 0.3) is 5.69 Å². The van der Waals surface area contributed by atoms with Gasteiger partial charge in [0.05, 0.1) is 4.90 Å². The van der Waals surface area contributed by atoms with E-state index < -0.39 is 9.84 Å². The maximum Gasteiger partial charge on any atom is 0.175 e. The third-order valence-electron chi connectivity index (χ3n) is 4.17. The number of nitrogens with zero attached hydrogens (tertiary/aromatic N) is 1. The minimum atomic E-state index is -3.15. The van der Waals surface area contributed by atoms with Crippen LogP contribution in [0.4, 0.5) is 0 Å². The molecule has 0 amide bonds. The fraction of sp³-hybridized carbons (Fsp3) is 0.375. The molecule has 0 aliphatic heterocycles. The first-order valence-corrected chi connectivity index (χ1v) is 9.04. The third-order valence-corrected chi connectivity index (χ3v) is 5.30. The Kier molecular flexibility index (Phi) is 3.42. The molecule has 0 saturated carbocycles. The van der Waals surface area contributed by atoms with Crippen molar-refractivity contribution in [3.05, 3.63) is 47.3 Å². The van der Waals surface area contributed by atoms with Crippen molar-refractivity contribution in [1.29, 1.82) is 0 Å². The number of rotatable bonds is 2. The fourth-order valence-corrected chi connectivity index (χ4v) is 3.77. The summed E-state index contributed by atoms with van der Waals surface area (Å²) in [4.78, 5) is 0.349. The first-order valence-electron chi connectivity index (χ1n) is 7.15. The zero-order valence-corrected chi connectivity index (χ0v) is 13.2. The average molecular weight is 304 g/mol. The second-order valence-corrected chi connectivity index (χ2v) is 7.80. The molecule has 112 valence electrons. The quantitative estimate of drug-likeness (QED) is 0.927. The molecule has 1 aromatic carbocycles. The maximum atomic E-state index is 11.5. The lowest BCUT2D eigenvalue weighted by molar-refractivity contribution is 0.560. The van der Waals surface area contributed by atoms with E-state index in [1.165, 1.54) is 17.5 Å². The van der Waals surface area contributed by atoms with Gasteiger partial charge in [0.25, 0.3) is 0 Å². The summed E-state index contributed by atoms with van der Waals surface area (Å²) in [6, 6.07) is 9.33. The van der Waals surface area contributed by atoms with Crippen LogP contribution in [-0.2, 0) is 16.3 Å². The molecule has 1 aromatic heterocycles. The SMILES string of the molecule is Cc1cc2c(n1-c1ccc(S(C)(=O)=O)cc1)CCCC2N. The molecule has 0 bridgehead atoms. The summed E-state index contributed by atoms with van der Waals surface area (Å²) in [7, 11) is -3.15. The topological polar surface area (TPSA) is 65.1 Å². The molecule has 1 atom stereocenters. The van der Waals surface area contributed by atoms with E-state index in [9.17, 15) is 8.42 Å². The van der Waals surface area contributed by atoms with Crippen LogP contribution in [-0.4, -0.2) is 19.2 Å². The van der Waals surface area contributed by atoms with Crippen molar-refractivity contribution in [3.63, 3.8) is 0 Å². The van der Waals surface area contributed by atoms with Gasteiger partial charge in [-0.25, -0.2) is 8.42 Å². The van der Waals surface area contributed by atoms with Gasteiger partial charge in [-0.05, 0) is 62.1 Å². The Morgan fingerprint density at radius 2 is 1.90 bits per heavy atom. The molecular weight excluding hydrogens is 284 g/mol. The lowest BCUT2D eigenvalue weighted by Crippen LogP contribution is -2.18. The van der Waals surface area contributed by atoms with Crippen molar-refractivity contribution in [3.8, 4) is 5.69 Å². The van der Waals surface area contributed by atoms with E-state index in [-0.39, 0.29) is 6.04 Å². The minimum absolute atomic E-state index is 0.115. The largest absolute Gasteiger partial charge is 0.324 e. The van der Waals surface area contributed by atoms with E-state index in [1.807, 2.05) is 12.1 Å². The highest BCUT2D eigenvalue weighted by atomic mass is 32.2. The van der Waals surface area contributed by atoms with E-state index in [4.69, 9.17) is 5.73 Å². The molecule has 1 heterocycles. The second-order valence-electron chi connectivity index (χ2n) is 5.79. The zero-order chi connectivity index (χ0) is 15.2. The molecule has 1 aliphatic carbocycles. The van der Waals surface area contributed by atoms with Gasteiger partial charge in [-0.3, -0.25) is 0 Å². The average Bonchev–Trinajstić information content (AvgIpc) is 2.76. The van der Waals surface area contributed by atoms with Gasteiger partial charge in [0.1, 0.15) is 0 Å². The molecule has 2 N–H and O–H groups in total. The molecule has 1 aliphatic rings. The third kappa shape index (κ3) is 2.51. The summed E-state index contributed by atoms with van der Waals surface area (Å²) in [6.07, 6.45) is 4.37. The predicted molar refractivity (Wildman–Crippen MR) is 83.5 cm³/mol. The van der Waals surface area contributed by atoms with Crippen LogP contribution in [0.2, 0.25) is 0 Å². The van der Waals surface area contributed by atoms with Gasteiger partial charge >= 0.3 is 0 Å². The Morgan fingerprint density at radius 3 is 2.52 bits per heavy atom. The van der Waals surface area contributed by atoms with Crippen LogP contribution in [0, 0.1) is 6.92 Å². The molecule has 2 aromatic rings. The zero-order valence-electron chi connectivity index (χ0n) is 12.3. The number of aryl methyl sites for hydroxylation is 1. The van der Waals surface area contributed by atoms with Crippen molar-refractivity contribution >= 4 is 9.84 Å². The lowest BCUT2D eigenvalue weighted by atomic mass is 9.93. The number of fused-ring (bicyclic) bond motifs is 1. The normalized spacial score (nSPS) is 18.5. The van der Waals surface area contributed by atoms with Gasteiger partial charge in [0.2, 0.25) is 0 Å². The highest BCUT2D eigenvalue weighted by Gasteiger charge is 2.22. The van der Waals surface area contributed by atoms with Gasteiger partial charge < -0.3 is 10.3 Å². The molecular formula is C16H20N2O2S. The molecule has 0 radical (unpaired) electrons. The number of sulfone groups is 1. The summed E-state index contributed by atoms with van der Waals surface area (Å²) >= 11 is 0. The lowest BCUT2D eigenvalue weighted by Gasteiger charge is -2.21. The van der Waals surface area contributed by atoms with E-state index >= 15 is 0 Å². The van der Waals surface area contributed by atoms with Gasteiger partial charge in [-0.15, -0.1) is 0 Å². The number of aromatic nitrogens is 1. The van der Waals surface area contributed by atoms with E-state index in [1.54, 1.807) is 12.1 Å². The van der Waals surface area contributed by atoms with Gasteiger partial charge in [0.15, 0.2) is 9.84 Å². The molecule has 0 saturated heterocycles. The Balaban J connectivity index is 2.09. The van der Waals surface area contributed by atoms with Crippen molar-refractivity contribution in [1.82, 2.24) is 4.57 Å².